The second-order valence-electron chi connectivity index (χ2n) is 6.29. The van der Waals surface area contributed by atoms with E-state index < -0.39 is 0 Å². The number of aryl methyl sites for hydroxylation is 2. The molecule has 0 radical (unpaired) electrons. The lowest BCUT2D eigenvalue weighted by molar-refractivity contribution is -0.0406. The zero-order valence-electron chi connectivity index (χ0n) is 13.7. The summed E-state index contributed by atoms with van der Waals surface area (Å²) in [5, 5.41) is 10.1. The molecule has 1 aliphatic rings. The molecule has 0 aliphatic carbocycles. The van der Waals surface area contributed by atoms with Gasteiger partial charge in [-0.05, 0) is 43.0 Å². The van der Waals surface area contributed by atoms with E-state index in [1.807, 2.05) is 19.9 Å². The van der Waals surface area contributed by atoms with Gasteiger partial charge < -0.3 is 14.3 Å². The minimum absolute atomic E-state index is 0.0589. The molecule has 1 aromatic carbocycles. The Bertz CT molecular complexity index is 751. The molecule has 0 bridgehead atoms. The smallest absolute Gasteiger partial charge is 0.336 e. The summed E-state index contributed by atoms with van der Waals surface area (Å²) < 4.78 is 11.1. The Labute approximate surface area is 135 Å². The number of nitrogens with zero attached hydrogens (tertiary/aromatic N) is 1. The van der Waals surface area contributed by atoms with Crippen LogP contribution in [0.1, 0.15) is 23.1 Å². The molecule has 0 amide bonds. The summed E-state index contributed by atoms with van der Waals surface area (Å²) in [6.07, 6.45) is 0.704. The molecule has 1 N–H and O–H groups in total. The number of hydrogen-bond donors (Lipinski definition) is 1. The van der Waals surface area contributed by atoms with Crippen molar-refractivity contribution in [3.63, 3.8) is 0 Å². The van der Waals surface area contributed by atoms with Crippen LogP contribution >= 0.6 is 0 Å². The van der Waals surface area contributed by atoms with Crippen LogP contribution in [0, 0.1) is 13.8 Å². The summed E-state index contributed by atoms with van der Waals surface area (Å²) in [4.78, 5) is 14.2. The van der Waals surface area contributed by atoms with Crippen molar-refractivity contribution in [1.82, 2.24) is 4.90 Å². The van der Waals surface area contributed by atoms with Crippen molar-refractivity contribution in [3.8, 4) is 0 Å². The average Bonchev–Trinajstić information content (AvgIpc) is 2.49. The largest absolute Gasteiger partial charge is 0.422 e. The topological polar surface area (TPSA) is 62.9 Å². The van der Waals surface area contributed by atoms with E-state index in [1.165, 1.54) is 0 Å². The Morgan fingerprint density at radius 1 is 1.30 bits per heavy atom. The molecule has 1 aliphatic heterocycles. The third-order valence-electron chi connectivity index (χ3n) is 4.33. The number of ether oxygens (including phenoxy) is 1. The molecular formula is C18H23NO4. The van der Waals surface area contributed by atoms with Gasteiger partial charge >= 0.3 is 5.63 Å². The van der Waals surface area contributed by atoms with Crippen LogP contribution in [-0.4, -0.2) is 42.4 Å². The van der Waals surface area contributed by atoms with E-state index >= 15 is 0 Å². The second kappa shape index (κ2) is 6.83. The Hall–Kier alpha value is -1.69. The zero-order chi connectivity index (χ0) is 16.4. The predicted molar refractivity (Wildman–Crippen MR) is 88.7 cm³/mol. The van der Waals surface area contributed by atoms with Crippen molar-refractivity contribution in [2.24, 2.45) is 0 Å². The summed E-state index contributed by atoms with van der Waals surface area (Å²) in [6, 6.07) is 5.70. The highest BCUT2D eigenvalue weighted by molar-refractivity contribution is 5.83. The first-order valence-electron chi connectivity index (χ1n) is 8.05. The van der Waals surface area contributed by atoms with Gasteiger partial charge in [-0.2, -0.15) is 0 Å². The molecule has 1 unspecified atom stereocenters. The van der Waals surface area contributed by atoms with Crippen LogP contribution in [-0.2, 0) is 11.3 Å². The van der Waals surface area contributed by atoms with Gasteiger partial charge in [0.15, 0.2) is 0 Å². The quantitative estimate of drug-likeness (QED) is 0.874. The van der Waals surface area contributed by atoms with Crippen LogP contribution in [0.5, 0.6) is 0 Å². The summed E-state index contributed by atoms with van der Waals surface area (Å²) in [6.45, 7) is 7.09. The third kappa shape index (κ3) is 3.63. The fourth-order valence-corrected chi connectivity index (χ4v) is 3.29. The van der Waals surface area contributed by atoms with Gasteiger partial charge in [0.1, 0.15) is 5.58 Å². The highest BCUT2D eigenvalue weighted by atomic mass is 16.5. The van der Waals surface area contributed by atoms with Gasteiger partial charge in [0.25, 0.3) is 0 Å². The molecule has 0 saturated carbocycles. The van der Waals surface area contributed by atoms with Crippen LogP contribution in [0.25, 0.3) is 11.0 Å². The summed E-state index contributed by atoms with van der Waals surface area (Å²) in [7, 11) is 0. The standard InChI is InChI=1S/C18H23NO4/c1-12-7-13(2)18-16(8-12)14(9-17(21)23-18)10-19-4-6-22-15(11-19)3-5-20/h7-9,15,20H,3-6,10-11H2,1-2H3. The molecule has 5 heteroatoms. The first kappa shape index (κ1) is 16.2. The number of aliphatic hydroxyl groups excluding tert-OH is 1. The maximum atomic E-state index is 11.9. The monoisotopic (exact) mass is 317 g/mol. The number of benzene rings is 1. The van der Waals surface area contributed by atoms with E-state index in [-0.39, 0.29) is 18.3 Å². The molecule has 0 spiro atoms. The Balaban J connectivity index is 1.92. The highest BCUT2D eigenvalue weighted by Gasteiger charge is 2.21. The maximum absolute atomic E-state index is 11.9. The normalized spacial score (nSPS) is 19.3. The number of morpholine rings is 1. The Morgan fingerprint density at radius 3 is 2.91 bits per heavy atom. The van der Waals surface area contributed by atoms with E-state index in [1.54, 1.807) is 6.07 Å². The first-order valence-corrected chi connectivity index (χ1v) is 8.05. The fraction of sp³-hybridized carbons (Fsp3) is 0.500. The van der Waals surface area contributed by atoms with Gasteiger partial charge in [-0.3, -0.25) is 4.90 Å². The molecule has 1 saturated heterocycles. The van der Waals surface area contributed by atoms with E-state index in [4.69, 9.17) is 14.3 Å². The lowest BCUT2D eigenvalue weighted by Gasteiger charge is -2.32. The minimum Gasteiger partial charge on any atom is -0.422 e. The number of aliphatic hydroxyl groups is 1. The molecule has 2 heterocycles. The Kier molecular flexibility index (Phi) is 4.80. The van der Waals surface area contributed by atoms with Crippen molar-refractivity contribution in [3.05, 3.63) is 45.3 Å². The zero-order valence-corrected chi connectivity index (χ0v) is 13.7. The van der Waals surface area contributed by atoms with Gasteiger partial charge in [-0.15, -0.1) is 0 Å². The molecule has 3 rings (SSSR count). The highest BCUT2D eigenvalue weighted by Crippen LogP contribution is 2.24. The fourth-order valence-electron chi connectivity index (χ4n) is 3.29. The molecule has 1 atom stereocenters. The maximum Gasteiger partial charge on any atom is 0.336 e. The van der Waals surface area contributed by atoms with E-state index in [0.29, 0.717) is 25.2 Å². The minimum atomic E-state index is -0.306. The molecular weight excluding hydrogens is 294 g/mol. The van der Waals surface area contributed by atoms with Crippen LogP contribution in [0.4, 0.5) is 0 Å². The number of hydrogen-bond acceptors (Lipinski definition) is 5. The molecule has 5 nitrogen and oxygen atoms in total. The first-order chi connectivity index (χ1) is 11.1. The van der Waals surface area contributed by atoms with Gasteiger partial charge in [0.2, 0.25) is 0 Å². The van der Waals surface area contributed by atoms with Gasteiger partial charge in [0.05, 0.1) is 12.7 Å². The molecule has 23 heavy (non-hydrogen) atoms. The second-order valence-corrected chi connectivity index (χ2v) is 6.29. The molecule has 1 aromatic heterocycles. The van der Waals surface area contributed by atoms with Crippen LogP contribution < -0.4 is 5.63 Å². The molecule has 1 fully saturated rings. The summed E-state index contributed by atoms with van der Waals surface area (Å²) >= 11 is 0. The van der Waals surface area contributed by atoms with Crippen molar-refractivity contribution in [1.29, 1.82) is 0 Å². The van der Waals surface area contributed by atoms with Crippen LogP contribution in [0.2, 0.25) is 0 Å². The Morgan fingerprint density at radius 2 is 2.13 bits per heavy atom. The van der Waals surface area contributed by atoms with Crippen LogP contribution in [0.3, 0.4) is 0 Å². The van der Waals surface area contributed by atoms with Crippen molar-refractivity contribution >= 4 is 11.0 Å². The van der Waals surface area contributed by atoms with Gasteiger partial charge in [-0.25, -0.2) is 4.79 Å². The van der Waals surface area contributed by atoms with Crippen molar-refractivity contribution in [2.75, 3.05) is 26.3 Å². The average molecular weight is 317 g/mol. The summed E-state index contributed by atoms with van der Waals surface area (Å²) in [5.74, 6) is 0. The van der Waals surface area contributed by atoms with Crippen LogP contribution in [0.15, 0.2) is 27.4 Å². The van der Waals surface area contributed by atoms with Gasteiger partial charge in [0, 0.05) is 37.7 Å². The number of fused-ring (bicyclic) bond motifs is 1. The van der Waals surface area contributed by atoms with Gasteiger partial charge in [-0.1, -0.05) is 6.07 Å². The van der Waals surface area contributed by atoms with Crippen molar-refractivity contribution in [2.45, 2.75) is 32.9 Å². The SMILES string of the molecule is Cc1cc(C)c2oc(=O)cc(CN3CCOC(CCO)C3)c2c1. The molecule has 124 valence electrons. The summed E-state index contributed by atoms with van der Waals surface area (Å²) in [5.41, 5.74) is 3.51. The predicted octanol–water partition coefficient (Wildman–Crippen LogP) is 1.99. The van der Waals surface area contributed by atoms with E-state index in [0.717, 1.165) is 35.2 Å². The number of rotatable bonds is 4. The third-order valence-corrected chi connectivity index (χ3v) is 4.33. The lowest BCUT2D eigenvalue weighted by Crippen LogP contribution is -2.42. The van der Waals surface area contributed by atoms with Crippen molar-refractivity contribution < 1.29 is 14.3 Å². The lowest BCUT2D eigenvalue weighted by atomic mass is 10.0. The van der Waals surface area contributed by atoms with E-state index in [2.05, 4.69) is 11.0 Å². The molecule has 2 aromatic rings. The van der Waals surface area contributed by atoms with E-state index in [9.17, 15) is 4.79 Å².